The Morgan fingerprint density at radius 1 is 0.181 bits per heavy atom. The number of aryl methyl sites for hydroxylation is 8. The van der Waals surface area contributed by atoms with Crippen molar-refractivity contribution in [1.29, 1.82) is 0 Å². The van der Waals surface area contributed by atoms with Gasteiger partial charge in [0.25, 0.3) is 0 Å². The quantitative estimate of drug-likeness (QED) is 0.0274. The Labute approximate surface area is 649 Å². The van der Waals surface area contributed by atoms with E-state index >= 15 is 0 Å². The molecule has 578 valence electrons. The van der Waals surface area contributed by atoms with Gasteiger partial charge in [0.2, 0.25) is 0 Å². The summed E-state index contributed by atoms with van der Waals surface area (Å²) < 4.78 is 0. The first kappa shape index (κ1) is 85.3. The Bertz CT molecular complexity index is 3330. The van der Waals surface area contributed by atoms with Crippen molar-refractivity contribution in [3.05, 3.63) is 93.0 Å². The van der Waals surface area contributed by atoms with Crippen LogP contribution in [0.3, 0.4) is 0 Å². The van der Waals surface area contributed by atoms with Gasteiger partial charge in [-0.2, -0.15) is 0 Å². The molecule has 7 aromatic rings. The Kier molecular flexibility index (Phi) is 39.8. The zero-order valence-corrected chi connectivity index (χ0v) is 69.1. The average molecular weight is 1470 g/mol. The fourth-order valence-corrected chi connectivity index (χ4v) is 17.1. The zero-order valence-electron chi connectivity index (χ0n) is 68.1. The van der Waals surface area contributed by atoms with Crippen molar-refractivity contribution in [2.45, 2.75) is 415 Å². The van der Waals surface area contributed by atoms with E-state index in [9.17, 15) is 0 Å². The molecule has 0 atom stereocenters. The Balaban J connectivity index is 0.0000139. The zero-order chi connectivity index (χ0) is 72.8. The summed E-state index contributed by atoms with van der Waals surface area (Å²) in [6, 6.07) is 19.8. The topological polar surface area (TPSA) is 106 Å². The number of unbranched alkanes of at least 4 members (excludes halogenated alkanes) is 40. The van der Waals surface area contributed by atoms with E-state index in [4.69, 9.17) is 39.9 Å². The van der Waals surface area contributed by atoms with Crippen LogP contribution in [-0.4, -0.2) is 29.9 Å². The third-order valence-electron chi connectivity index (χ3n) is 23.4. The third kappa shape index (κ3) is 25.4. The van der Waals surface area contributed by atoms with Gasteiger partial charge in [0.15, 0.2) is 0 Å². The van der Waals surface area contributed by atoms with Gasteiger partial charge >= 0.3 is 16.5 Å². The Morgan fingerprint density at radius 3 is 0.495 bits per heavy atom. The van der Waals surface area contributed by atoms with E-state index in [-0.39, 0.29) is 16.5 Å². The number of aromatic nitrogens is 8. The molecule has 0 aliphatic carbocycles. The van der Waals surface area contributed by atoms with Crippen LogP contribution in [0.5, 0.6) is 0 Å². The van der Waals surface area contributed by atoms with E-state index in [0.29, 0.717) is 0 Å². The van der Waals surface area contributed by atoms with E-state index in [0.717, 1.165) is 149 Å². The van der Waals surface area contributed by atoms with Crippen LogP contribution in [-0.2, 0) is 67.9 Å². The predicted octanol–water partition coefficient (Wildman–Crippen LogP) is 29.3. The standard InChI is InChI=1S/C96H144N8.Ni/c1-9-17-25-33-41-49-57-73-65-66-74(58-50-42-34-26-18-10-2)82-81(73)89-97-90(82)102-92-85-77(61-53-45-37-29-21-13-5)69-70-78(62-54-46-38-30-22-14-6)86(85)94(99-92)104-96-88-80(64-56-48-40-32-24-16-8)72-71-79(63-55-47-39-31-23-15-7)87(88)95(100-96)103-93-84-76(60-52-44-36-28-20-12-4)68-67-75(83(84)91(98-93)101-89)59-51-43-35-27-19-11-3;/h65-72H,9-64H2,1-8H3;/q-2;+2. The predicted molar refractivity (Wildman–Crippen MR) is 451 cm³/mol. The van der Waals surface area contributed by atoms with Crippen LogP contribution in [0.1, 0.15) is 408 Å². The number of fused-ring (bicyclic) bond motifs is 20. The first-order valence-electron chi connectivity index (χ1n) is 44.7. The van der Waals surface area contributed by atoms with Crippen molar-refractivity contribution in [2.24, 2.45) is 0 Å². The summed E-state index contributed by atoms with van der Waals surface area (Å²) in [4.78, 5) is 48.1. The fourth-order valence-electron chi connectivity index (χ4n) is 17.1. The van der Waals surface area contributed by atoms with Crippen LogP contribution >= 0.6 is 0 Å². The summed E-state index contributed by atoms with van der Waals surface area (Å²) in [5.74, 6) is 3.02. The average Bonchev–Trinajstić information content (AvgIpc) is 1.56. The molecule has 8 bridgehead atoms. The number of hydrogen-bond acceptors (Lipinski definition) is 6. The van der Waals surface area contributed by atoms with Gasteiger partial charge in [-0.15, -0.1) is 0 Å². The molecule has 3 aromatic heterocycles. The molecule has 0 radical (unpaired) electrons. The monoisotopic (exact) mass is 1470 g/mol. The second kappa shape index (κ2) is 49.0. The molecule has 0 saturated heterocycles. The Hall–Kier alpha value is -5.27. The molecule has 0 fully saturated rings. The minimum absolute atomic E-state index is 0. The fraction of sp³-hybridized carbons (Fsp3) is 0.667. The van der Waals surface area contributed by atoms with Crippen molar-refractivity contribution >= 4 is 44.1 Å². The summed E-state index contributed by atoms with van der Waals surface area (Å²) in [6.07, 6.45) is 67.5. The summed E-state index contributed by atoms with van der Waals surface area (Å²) in [5.41, 5.74) is 18.4. The maximum absolute atomic E-state index is 6.08. The SMILES string of the molecule is CCCCCCCCc1ccc(CCCCCCCC)c2c1-c1nc-2nc2[n-]c(nc3nc(nc4[n-]c(n1)c1c(CCCCCCCC)ccc(CCCCCCCC)c41)-c1c(CCCCCCCC)ccc(CCCCCCCC)c1-3)c1c(CCCCCCCC)ccc(CCCCCCCC)c21.[Ni+2]. The minimum Gasteiger partial charge on any atom is -0.357 e. The van der Waals surface area contributed by atoms with Gasteiger partial charge in [0.1, 0.15) is 0 Å². The van der Waals surface area contributed by atoms with Gasteiger partial charge in [-0.05, 0) is 169 Å². The normalized spacial score (nSPS) is 12.0. The van der Waals surface area contributed by atoms with E-state index in [1.807, 2.05) is 0 Å². The van der Waals surface area contributed by atoms with Crippen LogP contribution in [0.2, 0.25) is 0 Å². The van der Waals surface area contributed by atoms with Gasteiger partial charge in [-0.1, -0.05) is 361 Å². The van der Waals surface area contributed by atoms with E-state index < -0.39 is 0 Å². The largest absolute Gasteiger partial charge is 2.00 e. The van der Waals surface area contributed by atoms with Gasteiger partial charge in [-0.3, -0.25) is 0 Å². The van der Waals surface area contributed by atoms with Crippen LogP contribution in [0.25, 0.3) is 89.7 Å². The van der Waals surface area contributed by atoms with Gasteiger partial charge in [-0.25, -0.2) is 9.97 Å². The molecular weight excluding hydrogens is 1320 g/mol. The van der Waals surface area contributed by atoms with Crippen molar-refractivity contribution in [3.63, 3.8) is 0 Å². The van der Waals surface area contributed by atoms with Gasteiger partial charge in [0.05, 0.1) is 23.3 Å². The van der Waals surface area contributed by atoms with E-state index in [1.54, 1.807) is 0 Å². The van der Waals surface area contributed by atoms with Crippen molar-refractivity contribution < 1.29 is 16.5 Å². The number of hydrogen-bond donors (Lipinski definition) is 0. The Morgan fingerprint density at radius 2 is 0.324 bits per heavy atom. The summed E-state index contributed by atoms with van der Waals surface area (Å²) in [5, 5.41) is 4.68. The second-order valence-electron chi connectivity index (χ2n) is 32.2. The molecule has 5 heterocycles. The van der Waals surface area contributed by atoms with Gasteiger partial charge in [0, 0.05) is 44.8 Å². The van der Waals surface area contributed by atoms with Gasteiger partial charge < -0.3 is 29.9 Å². The molecule has 8 nitrogen and oxygen atoms in total. The summed E-state index contributed by atoms with van der Waals surface area (Å²) in [6.45, 7) is 18.6. The van der Waals surface area contributed by atoms with Crippen LogP contribution < -0.4 is 9.97 Å². The molecule has 105 heavy (non-hydrogen) atoms. The first-order chi connectivity index (χ1) is 51.4. The molecule has 0 amide bonds. The molecule has 0 saturated carbocycles. The van der Waals surface area contributed by atoms with Crippen LogP contribution in [0.15, 0.2) is 48.5 Å². The number of nitrogens with zero attached hydrogens (tertiary/aromatic N) is 8. The summed E-state index contributed by atoms with van der Waals surface area (Å²) in [7, 11) is 0. The third-order valence-corrected chi connectivity index (χ3v) is 23.4. The second-order valence-corrected chi connectivity index (χ2v) is 32.2. The molecule has 0 unspecified atom stereocenters. The van der Waals surface area contributed by atoms with Crippen LogP contribution in [0.4, 0.5) is 0 Å². The van der Waals surface area contributed by atoms with Crippen molar-refractivity contribution in [2.75, 3.05) is 0 Å². The van der Waals surface area contributed by atoms with Crippen LogP contribution in [0, 0.1) is 0 Å². The molecule has 9 heteroatoms. The van der Waals surface area contributed by atoms with E-state index in [2.05, 4.69) is 104 Å². The molecular formula is C96H144N8Ni. The summed E-state index contributed by atoms with van der Waals surface area (Å²) >= 11 is 0. The van der Waals surface area contributed by atoms with E-state index in [1.165, 1.54) is 345 Å². The molecule has 0 N–H and O–H groups in total. The molecule has 9 rings (SSSR count). The smallest absolute Gasteiger partial charge is 0.357 e. The number of rotatable bonds is 56. The maximum atomic E-state index is 6.08. The number of benzene rings is 4. The van der Waals surface area contributed by atoms with Crippen molar-refractivity contribution in [1.82, 2.24) is 39.9 Å². The van der Waals surface area contributed by atoms with Crippen molar-refractivity contribution in [3.8, 4) is 45.6 Å². The molecule has 2 aliphatic rings. The minimum atomic E-state index is 0. The first-order valence-corrected chi connectivity index (χ1v) is 44.7. The molecule has 0 spiro atoms. The molecule has 4 aromatic carbocycles. The molecule has 2 aliphatic heterocycles. The maximum Gasteiger partial charge on any atom is 2.00 e.